The number of nitrogens with zero attached hydrogens (tertiary/aromatic N) is 5. The molecule has 10 nitrogen and oxygen atoms in total. The molecule has 0 saturated carbocycles. The number of amides is 2. The number of nitrogens with two attached hydrogens (primary N) is 1. The molecular weight excluding hydrogens is 381 g/mol. The number of pyridine rings is 1. The van der Waals surface area contributed by atoms with Crippen molar-refractivity contribution in [1.82, 2.24) is 9.47 Å². The zero-order valence-electron chi connectivity index (χ0n) is 16.2. The van der Waals surface area contributed by atoms with Crippen molar-refractivity contribution < 1.29 is 13.9 Å². The van der Waals surface area contributed by atoms with Gasteiger partial charge < -0.3 is 24.8 Å². The van der Waals surface area contributed by atoms with Crippen LogP contribution in [0.5, 0.6) is 5.75 Å². The molecular formula is C18H22FN7O3. The number of ether oxygens (including phenoxy) is 1. The van der Waals surface area contributed by atoms with Crippen LogP contribution in [0.2, 0.25) is 0 Å². The number of hydrogen-bond donors (Lipinski definition) is 2. The van der Waals surface area contributed by atoms with Gasteiger partial charge in [0.15, 0.2) is 11.6 Å². The van der Waals surface area contributed by atoms with Gasteiger partial charge in [-0.05, 0) is 20.0 Å². The molecule has 2 amide bonds. The molecule has 2 aliphatic rings. The van der Waals surface area contributed by atoms with Gasteiger partial charge in [0.1, 0.15) is 18.0 Å². The van der Waals surface area contributed by atoms with E-state index in [0.29, 0.717) is 35.1 Å². The van der Waals surface area contributed by atoms with Crippen LogP contribution in [0, 0.1) is 11.3 Å². The summed E-state index contributed by atoms with van der Waals surface area (Å²) in [6, 6.07) is -0.0892. The molecule has 0 aliphatic carbocycles. The van der Waals surface area contributed by atoms with Crippen LogP contribution < -0.4 is 25.8 Å². The lowest BCUT2D eigenvalue weighted by Gasteiger charge is -2.37. The van der Waals surface area contributed by atoms with Gasteiger partial charge in [-0.25, -0.2) is 9.18 Å². The second-order valence-electron chi connectivity index (χ2n) is 7.38. The first-order valence-electron chi connectivity index (χ1n) is 9.28. The highest BCUT2D eigenvalue weighted by atomic mass is 19.1. The molecule has 1 atom stereocenters. The summed E-state index contributed by atoms with van der Waals surface area (Å²) < 4.78 is 22.9. The second kappa shape index (κ2) is 6.99. The van der Waals surface area contributed by atoms with Crippen LogP contribution >= 0.6 is 0 Å². The maximum Gasteiger partial charge on any atom is 0.341 e. The Morgan fingerprint density at radius 1 is 1.38 bits per heavy atom. The minimum atomic E-state index is -1.07. The molecule has 1 saturated heterocycles. The van der Waals surface area contributed by atoms with Crippen LogP contribution in [0.3, 0.4) is 0 Å². The van der Waals surface area contributed by atoms with Crippen molar-refractivity contribution in [2.75, 3.05) is 49.7 Å². The third kappa shape index (κ3) is 2.97. The van der Waals surface area contributed by atoms with E-state index in [4.69, 9.17) is 16.0 Å². The van der Waals surface area contributed by atoms with Crippen LogP contribution in [0.1, 0.15) is 13.0 Å². The molecule has 0 spiro atoms. The Morgan fingerprint density at radius 2 is 2.07 bits per heavy atom. The van der Waals surface area contributed by atoms with E-state index in [1.54, 1.807) is 4.57 Å². The molecule has 4 rings (SSSR count). The fourth-order valence-electron chi connectivity index (χ4n) is 3.89. The molecule has 1 aromatic carbocycles. The van der Waals surface area contributed by atoms with E-state index in [0.717, 1.165) is 13.1 Å². The lowest BCUT2D eigenvalue weighted by Crippen LogP contribution is -2.45. The number of hydrogen-bond acceptors (Lipinski definition) is 7. The standard InChI is InChI=1S/C18H22FN7O3/c1-10-9-29-17-14-11(7-12(19)15(17)24-5-3-23(2)4-6-24)16(27)13(8-25(10)14)26(22-21)18(20)28/h7-8,10,21H,3-6,9H2,1-2H3,(H2,20,28)/t10-/m0/s1. The first-order chi connectivity index (χ1) is 13.8. The number of anilines is 2. The number of carbonyl (C=O) groups is 1. The molecule has 2 aliphatic heterocycles. The zero-order chi connectivity index (χ0) is 20.9. The predicted molar refractivity (Wildman–Crippen MR) is 105 cm³/mol. The highest BCUT2D eigenvalue weighted by molar-refractivity contribution is 5.96. The van der Waals surface area contributed by atoms with Gasteiger partial charge in [0.2, 0.25) is 5.43 Å². The summed E-state index contributed by atoms with van der Waals surface area (Å²) in [5, 5.41) is 3.59. The number of urea groups is 1. The Morgan fingerprint density at radius 3 is 2.69 bits per heavy atom. The topological polar surface area (TPSA) is 120 Å². The van der Waals surface area contributed by atoms with Crippen molar-refractivity contribution in [3.63, 3.8) is 0 Å². The lowest BCUT2D eigenvalue weighted by atomic mass is 10.1. The summed E-state index contributed by atoms with van der Waals surface area (Å²) in [7, 11) is 2.01. The number of rotatable bonds is 3. The van der Waals surface area contributed by atoms with E-state index in [-0.39, 0.29) is 23.7 Å². The molecule has 0 radical (unpaired) electrons. The second-order valence-corrected chi connectivity index (χ2v) is 7.38. The van der Waals surface area contributed by atoms with Gasteiger partial charge in [0, 0.05) is 32.4 Å². The maximum absolute atomic E-state index is 15.2. The molecule has 11 heteroatoms. The van der Waals surface area contributed by atoms with Gasteiger partial charge in [0.05, 0.1) is 16.9 Å². The molecule has 3 heterocycles. The molecule has 0 unspecified atom stereocenters. The Balaban J connectivity index is 1.99. The monoisotopic (exact) mass is 403 g/mol. The van der Waals surface area contributed by atoms with Crippen LogP contribution in [0.25, 0.3) is 10.9 Å². The summed E-state index contributed by atoms with van der Waals surface area (Å²) in [6.07, 6.45) is 1.43. The van der Waals surface area contributed by atoms with Gasteiger partial charge in [-0.2, -0.15) is 10.5 Å². The first kappa shape index (κ1) is 19.1. The molecule has 3 N–H and O–H groups in total. The van der Waals surface area contributed by atoms with E-state index in [2.05, 4.69) is 10.1 Å². The van der Waals surface area contributed by atoms with Crippen LogP contribution in [-0.2, 0) is 0 Å². The number of carbonyl (C=O) groups excluding carboxylic acids is 1. The fraction of sp³-hybridized carbons (Fsp3) is 0.444. The zero-order valence-corrected chi connectivity index (χ0v) is 16.2. The summed E-state index contributed by atoms with van der Waals surface area (Å²) in [5.74, 6) is -0.249. The highest BCUT2D eigenvalue weighted by Crippen LogP contribution is 2.42. The largest absolute Gasteiger partial charge is 0.487 e. The van der Waals surface area contributed by atoms with Crippen molar-refractivity contribution in [2.24, 2.45) is 11.0 Å². The molecule has 154 valence electrons. The number of piperazine rings is 1. The van der Waals surface area contributed by atoms with Gasteiger partial charge in [-0.15, -0.1) is 0 Å². The molecule has 1 aromatic heterocycles. The average Bonchev–Trinajstić information content (AvgIpc) is 2.68. The smallest absolute Gasteiger partial charge is 0.341 e. The summed E-state index contributed by atoms with van der Waals surface area (Å²) >= 11 is 0. The third-order valence-corrected chi connectivity index (χ3v) is 5.48. The van der Waals surface area contributed by atoms with Crippen LogP contribution in [0.4, 0.5) is 20.6 Å². The Labute approximate surface area is 165 Å². The minimum Gasteiger partial charge on any atom is -0.487 e. The third-order valence-electron chi connectivity index (χ3n) is 5.48. The average molecular weight is 403 g/mol. The summed E-state index contributed by atoms with van der Waals surface area (Å²) in [6.45, 7) is 5.00. The van der Waals surface area contributed by atoms with Gasteiger partial charge in [-0.3, -0.25) is 4.79 Å². The van der Waals surface area contributed by atoms with Crippen molar-refractivity contribution in [2.45, 2.75) is 13.0 Å². The molecule has 1 fully saturated rings. The molecule has 0 bridgehead atoms. The van der Waals surface area contributed by atoms with E-state index in [9.17, 15) is 9.59 Å². The van der Waals surface area contributed by atoms with Crippen molar-refractivity contribution in [3.8, 4) is 5.75 Å². The number of nitrogens with one attached hydrogen (secondary N) is 1. The van der Waals surface area contributed by atoms with Gasteiger partial charge in [-0.1, -0.05) is 5.22 Å². The first-order valence-corrected chi connectivity index (χ1v) is 9.28. The molecule has 2 aromatic rings. The predicted octanol–water partition coefficient (Wildman–Crippen LogP) is 1.68. The summed E-state index contributed by atoms with van der Waals surface area (Å²) in [5.41, 5.74) is 12.4. The summed E-state index contributed by atoms with van der Waals surface area (Å²) in [4.78, 5) is 28.7. The number of halogens is 1. The quantitative estimate of drug-likeness (QED) is 0.597. The Bertz CT molecular complexity index is 1060. The van der Waals surface area contributed by atoms with Crippen molar-refractivity contribution >= 4 is 28.3 Å². The number of primary amides is 1. The van der Waals surface area contributed by atoms with Crippen molar-refractivity contribution in [3.05, 3.63) is 28.3 Å². The molecule has 29 heavy (non-hydrogen) atoms. The number of benzene rings is 1. The normalized spacial score (nSPS) is 19.1. The highest BCUT2D eigenvalue weighted by Gasteiger charge is 2.31. The number of aromatic nitrogens is 1. The van der Waals surface area contributed by atoms with E-state index in [1.807, 2.05) is 18.9 Å². The van der Waals surface area contributed by atoms with E-state index >= 15 is 4.39 Å². The van der Waals surface area contributed by atoms with Gasteiger partial charge >= 0.3 is 6.03 Å². The lowest BCUT2D eigenvalue weighted by molar-refractivity contribution is 0.244. The van der Waals surface area contributed by atoms with Crippen molar-refractivity contribution in [1.29, 1.82) is 5.53 Å². The maximum atomic E-state index is 15.2. The Hall–Kier alpha value is -3.21. The SMILES string of the molecule is C[C@H]1COc2c(N3CCN(C)CC3)c(F)cc3c(=O)c(N(N=N)C(N)=O)cn1c23. The van der Waals surface area contributed by atoms with E-state index in [1.165, 1.54) is 12.3 Å². The van der Waals surface area contributed by atoms with Crippen LogP contribution in [-0.4, -0.2) is 55.3 Å². The van der Waals surface area contributed by atoms with Gasteiger partial charge in [0.25, 0.3) is 0 Å². The van der Waals surface area contributed by atoms with E-state index < -0.39 is 17.3 Å². The fourth-order valence-corrected chi connectivity index (χ4v) is 3.89. The Kier molecular flexibility index (Phi) is 4.61. The minimum absolute atomic E-state index is 0.0503. The number of likely N-dealkylation sites (N-methyl/N-ethyl adjacent to an activating group) is 1. The van der Waals surface area contributed by atoms with Crippen LogP contribution in [0.15, 0.2) is 22.3 Å².